The van der Waals surface area contributed by atoms with Crippen LogP contribution in [0.4, 0.5) is 0 Å². The van der Waals surface area contributed by atoms with Gasteiger partial charge in [0, 0.05) is 12.1 Å². The smallest absolute Gasteiger partial charge is 0.119 e. The first-order chi connectivity index (χ1) is 7.33. The summed E-state index contributed by atoms with van der Waals surface area (Å²) in [5.74, 6) is 0.477. The molecule has 0 spiro atoms. The van der Waals surface area contributed by atoms with Gasteiger partial charge in [0.1, 0.15) is 5.75 Å². The van der Waals surface area contributed by atoms with Gasteiger partial charge >= 0.3 is 0 Å². The van der Waals surface area contributed by atoms with Gasteiger partial charge in [-0.05, 0) is 42.9 Å². The molecule has 2 N–H and O–H groups in total. The van der Waals surface area contributed by atoms with E-state index in [1.807, 2.05) is 6.07 Å². The average molecular weight is 203 g/mol. The quantitative estimate of drug-likeness (QED) is 0.770. The molecular formula is C13H17NO. The molecule has 1 saturated carbocycles. The van der Waals surface area contributed by atoms with Crippen molar-refractivity contribution in [2.45, 2.75) is 44.2 Å². The highest BCUT2D eigenvalue weighted by Gasteiger charge is 2.27. The standard InChI is InChI=1S/C13H17NO/c15-13-6-1-3-9-7-11(8-12(9)13)14-10-4-2-5-10/h1,3,6,10-11,14-15H,2,4-5,7-8H2. The lowest BCUT2D eigenvalue weighted by Gasteiger charge is -2.29. The lowest BCUT2D eigenvalue weighted by Crippen LogP contribution is -2.42. The zero-order valence-electron chi connectivity index (χ0n) is 8.87. The van der Waals surface area contributed by atoms with E-state index >= 15 is 0 Å². The summed E-state index contributed by atoms with van der Waals surface area (Å²) in [6.45, 7) is 0. The van der Waals surface area contributed by atoms with Gasteiger partial charge in [0.05, 0.1) is 0 Å². The molecule has 2 aliphatic rings. The molecule has 2 heteroatoms. The topological polar surface area (TPSA) is 32.3 Å². The van der Waals surface area contributed by atoms with E-state index in [9.17, 15) is 5.11 Å². The van der Waals surface area contributed by atoms with Gasteiger partial charge in [-0.3, -0.25) is 0 Å². The summed E-state index contributed by atoms with van der Waals surface area (Å²) in [6, 6.07) is 7.17. The normalized spacial score (nSPS) is 24.9. The van der Waals surface area contributed by atoms with Crippen molar-refractivity contribution >= 4 is 0 Å². The number of fused-ring (bicyclic) bond motifs is 1. The van der Waals surface area contributed by atoms with Crippen LogP contribution in [0.15, 0.2) is 18.2 Å². The van der Waals surface area contributed by atoms with Crippen LogP contribution in [0.3, 0.4) is 0 Å². The van der Waals surface area contributed by atoms with Gasteiger partial charge in [0.25, 0.3) is 0 Å². The van der Waals surface area contributed by atoms with Crippen molar-refractivity contribution in [3.8, 4) is 5.75 Å². The lowest BCUT2D eigenvalue weighted by molar-refractivity contribution is 0.306. The van der Waals surface area contributed by atoms with Crippen molar-refractivity contribution in [2.24, 2.45) is 0 Å². The Bertz CT molecular complexity index is 371. The Balaban J connectivity index is 1.71. The van der Waals surface area contributed by atoms with E-state index in [1.54, 1.807) is 6.07 Å². The van der Waals surface area contributed by atoms with Crippen molar-refractivity contribution < 1.29 is 5.11 Å². The highest BCUT2D eigenvalue weighted by atomic mass is 16.3. The van der Waals surface area contributed by atoms with E-state index in [2.05, 4.69) is 11.4 Å². The van der Waals surface area contributed by atoms with Crippen LogP contribution in [0.25, 0.3) is 0 Å². The van der Waals surface area contributed by atoms with Crippen molar-refractivity contribution in [1.82, 2.24) is 5.32 Å². The third kappa shape index (κ3) is 1.63. The molecule has 2 aliphatic carbocycles. The zero-order valence-corrected chi connectivity index (χ0v) is 8.87. The molecule has 2 nitrogen and oxygen atoms in total. The van der Waals surface area contributed by atoms with Crippen LogP contribution in [0, 0.1) is 0 Å². The molecule has 1 aromatic carbocycles. The lowest BCUT2D eigenvalue weighted by atomic mass is 9.92. The van der Waals surface area contributed by atoms with Gasteiger partial charge in [-0.25, -0.2) is 0 Å². The van der Waals surface area contributed by atoms with Crippen LogP contribution in [0.5, 0.6) is 5.75 Å². The molecule has 1 fully saturated rings. The molecule has 1 aromatic rings. The van der Waals surface area contributed by atoms with Crippen molar-refractivity contribution in [3.05, 3.63) is 29.3 Å². The molecule has 0 heterocycles. The molecule has 80 valence electrons. The number of nitrogens with one attached hydrogen (secondary N) is 1. The molecule has 15 heavy (non-hydrogen) atoms. The van der Waals surface area contributed by atoms with Gasteiger partial charge in [-0.1, -0.05) is 18.6 Å². The van der Waals surface area contributed by atoms with Gasteiger partial charge in [0.15, 0.2) is 0 Å². The second-order valence-electron chi connectivity index (χ2n) is 4.81. The maximum absolute atomic E-state index is 9.73. The number of hydrogen-bond donors (Lipinski definition) is 2. The van der Waals surface area contributed by atoms with Gasteiger partial charge in [0.2, 0.25) is 0 Å². The Morgan fingerprint density at radius 3 is 2.67 bits per heavy atom. The first-order valence-electron chi connectivity index (χ1n) is 5.89. The number of aromatic hydroxyl groups is 1. The van der Waals surface area contributed by atoms with Crippen LogP contribution < -0.4 is 5.32 Å². The van der Waals surface area contributed by atoms with Crippen molar-refractivity contribution in [3.63, 3.8) is 0 Å². The SMILES string of the molecule is Oc1cccc2c1CC(NC1CCC1)C2. The summed E-state index contributed by atoms with van der Waals surface area (Å²) >= 11 is 0. The van der Waals surface area contributed by atoms with Crippen LogP contribution in [-0.2, 0) is 12.8 Å². The minimum absolute atomic E-state index is 0.477. The average Bonchev–Trinajstić information content (AvgIpc) is 2.56. The molecule has 0 radical (unpaired) electrons. The second-order valence-corrected chi connectivity index (χ2v) is 4.81. The van der Waals surface area contributed by atoms with E-state index in [-0.39, 0.29) is 0 Å². The Morgan fingerprint density at radius 2 is 2.00 bits per heavy atom. The van der Waals surface area contributed by atoms with E-state index in [0.29, 0.717) is 11.8 Å². The predicted molar refractivity (Wildman–Crippen MR) is 60.1 cm³/mol. The molecule has 3 rings (SSSR count). The fourth-order valence-electron chi connectivity index (χ4n) is 2.66. The Morgan fingerprint density at radius 1 is 1.13 bits per heavy atom. The number of benzene rings is 1. The maximum atomic E-state index is 9.73. The third-order valence-electron chi connectivity index (χ3n) is 3.74. The van der Waals surface area contributed by atoms with Gasteiger partial charge in [-0.2, -0.15) is 0 Å². The van der Waals surface area contributed by atoms with Crippen LogP contribution in [0.2, 0.25) is 0 Å². The first kappa shape index (κ1) is 9.22. The summed E-state index contributed by atoms with van der Waals surface area (Å²) in [6.07, 6.45) is 6.12. The first-order valence-corrected chi connectivity index (χ1v) is 5.89. The molecule has 0 saturated heterocycles. The molecule has 1 atom stereocenters. The van der Waals surface area contributed by atoms with E-state index in [1.165, 1.54) is 24.8 Å². The van der Waals surface area contributed by atoms with E-state index in [0.717, 1.165) is 24.4 Å². The monoisotopic (exact) mass is 203 g/mol. The summed E-state index contributed by atoms with van der Waals surface area (Å²) in [4.78, 5) is 0. The summed E-state index contributed by atoms with van der Waals surface area (Å²) in [5.41, 5.74) is 2.49. The predicted octanol–water partition coefficient (Wildman–Crippen LogP) is 2.00. The number of phenols is 1. The van der Waals surface area contributed by atoms with Crippen LogP contribution in [0.1, 0.15) is 30.4 Å². The number of hydrogen-bond acceptors (Lipinski definition) is 2. The minimum atomic E-state index is 0.477. The zero-order chi connectivity index (χ0) is 10.3. The minimum Gasteiger partial charge on any atom is -0.508 e. The highest BCUT2D eigenvalue weighted by Crippen LogP contribution is 2.31. The molecular weight excluding hydrogens is 186 g/mol. The second kappa shape index (κ2) is 3.53. The van der Waals surface area contributed by atoms with Crippen LogP contribution in [-0.4, -0.2) is 17.2 Å². The Labute approximate surface area is 90.3 Å². The Kier molecular flexibility index (Phi) is 2.17. The fraction of sp³-hybridized carbons (Fsp3) is 0.538. The number of rotatable bonds is 2. The van der Waals surface area contributed by atoms with Crippen molar-refractivity contribution in [2.75, 3.05) is 0 Å². The fourth-order valence-corrected chi connectivity index (χ4v) is 2.66. The van der Waals surface area contributed by atoms with E-state index < -0.39 is 0 Å². The summed E-state index contributed by atoms with van der Waals surface area (Å²) in [5, 5.41) is 13.4. The van der Waals surface area contributed by atoms with Crippen molar-refractivity contribution in [1.29, 1.82) is 0 Å². The molecule has 0 aromatic heterocycles. The molecule has 0 bridgehead atoms. The van der Waals surface area contributed by atoms with Gasteiger partial charge in [-0.15, -0.1) is 0 Å². The Hall–Kier alpha value is -1.02. The van der Waals surface area contributed by atoms with Gasteiger partial charge < -0.3 is 10.4 Å². The molecule has 0 aliphatic heterocycles. The number of phenolic OH excluding ortho intramolecular Hbond substituents is 1. The van der Waals surface area contributed by atoms with E-state index in [4.69, 9.17) is 0 Å². The molecule has 0 amide bonds. The largest absolute Gasteiger partial charge is 0.508 e. The summed E-state index contributed by atoms with van der Waals surface area (Å²) < 4.78 is 0. The summed E-state index contributed by atoms with van der Waals surface area (Å²) in [7, 11) is 0. The highest BCUT2D eigenvalue weighted by molar-refractivity contribution is 5.43. The van der Waals surface area contributed by atoms with Crippen LogP contribution >= 0.6 is 0 Å². The maximum Gasteiger partial charge on any atom is 0.119 e. The molecule has 1 unspecified atom stereocenters. The third-order valence-corrected chi connectivity index (χ3v) is 3.74.